The Bertz CT molecular complexity index is 779. The van der Waals surface area contributed by atoms with Crippen LogP contribution in [0, 0.1) is 0 Å². The second kappa shape index (κ2) is 37.4. The van der Waals surface area contributed by atoms with Crippen LogP contribution in [0.25, 0.3) is 0 Å². The molecule has 0 fully saturated rings. The number of aliphatic carboxylic acids is 4. The van der Waals surface area contributed by atoms with Crippen LogP contribution in [0.4, 0.5) is 0 Å². The fourth-order valence-electron chi connectivity index (χ4n) is 5.83. The molecule has 0 aromatic rings. The molecule has 9 heteroatoms. The van der Waals surface area contributed by atoms with Crippen molar-refractivity contribution in [2.45, 2.75) is 207 Å². The summed E-state index contributed by atoms with van der Waals surface area (Å²) < 4.78 is 0. The number of hydrogen-bond donors (Lipinski definition) is 0. The Kier molecular flexibility index (Phi) is 39.3. The van der Waals surface area contributed by atoms with Crippen molar-refractivity contribution in [3.05, 3.63) is 22.3 Å². The predicted octanol–water partition coefficient (Wildman–Crippen LogP) is 6.19. The number of carboxylic acid groups (broad SMARTS) is 4. The summed E-state index contributed by atoms with van der Waals surface area (Å²) in [6.07, 6.45) is 25.8. The van der Waals surface area contributed by atoms with Gasteiger partial charge >= 0.3 is 23.9 Å². The zero-order valence-corrected chi connectivity index (χ0v) is 34.4. The van der Waals surface area contributed by atoms with E-state index < -0.39 is 23.9 Å². The van der Waals surface area contributed by atoms with E-state index in [1.54, 1.807) is 0 Å². The largest absolute Gasteiger partial charge is 4.00 e. The van der Waals surface area contributed by atoms with E-state index in [4.69, 9.17) is 0 Å². The Morgan fingerprint density at radius 2 is 0.429 bits per heavy atom. The van der Waals surface area contributed by atoms with Gasteiger partial charge in [-0.3, -0.25) is 0 Å². The molecule has 0 amide bonds. The molecule has 0 atom stereocenters. The van der Waals surface area contributed by atoms with Crippen LogP contribution in [-0.2, 0) is 19.2 Å². The summed E-state index contributed by atoms with van der Waals surface area (Å²) in [5, 5.41) is 45.3. The maximum Gasteiger partial charge on any atom is 4.00 e. The SMILES string of the molecule is CCCCCCCC/C(C(=O)[O-])=C(\CCCCCCCC)C(=O)[O-].CCCCCCCC/C(C(=O)[O-])=C(\CCCCCCCC)C(=O)[O-].[Sn+4]. The van der Waals surface area contributed by atoms with Crippen LogP contribution >= 0.6 is 0 Å². The number of carbonyl (C=O) groups excluding carboxylic acids is 4. The first-order chi connectivity index (χ1) is 23.1. The molecule has 0 bridgehead atoms. The van der Waals surface area contributed by atoms with Crippen molar-refractivity contribution in [3.8, 4) is 0 Å². The van der Waals surface area contributed by atoms with Gasteiger partial charge in [0, 0.05) is 0 Å². The van der Waals surface area contributed by atoms with Crippen LogP contribution in [0.2, 0.25) is 0 Å². The van der Waals surface area contributed by atoms with Crippen molar-refractivity contribution >= 4 is 47.8 Å². The summed E-state index contributed by atoms with van der Waals surface area (Å²) in [5.74, 6) is -5.41. The minimum Gasteiger partial charge on any atom is -0.545 e. The topological polar surface area (TPSA) is 161 Å². The Hall–Kier alpha value is -1.84. The normalized spacial score (nSPS) is 11.8. The summed E-state index contributed by atoms with van der Waals surface area (Å²) in [6, 6.07) is 0. The van der Waals surface area contributed by atoms with Crippen LogP contribution in [-0.4, -0.2) is 47.8 Å². The maximum atomic E-state index is 11.3. The van der Waals surface area contributed by atoms with Gasteiger partial charge in [0.2, 0.25) is 0 Å². The van der Waals surface area contributed by atoms with Gasteiger partial charge in [-0.1, -0.05) is 156 Å². The van der Waals surface area contributed by atoms with Gasteiger partial charge in [-0.15, -0.1) is 0 Å². The molecule has 0 aliphatic carbocycles. The Labute approximate surface area is 316 Å². The minimum absolute atomic E-state index is 0. The van der Waals surface area contributed by atoms with Gasteiger partial charge < -0.3 is 39.6 Å². The number of carbonyl (C=O) groups is 4. The van der Waals surface area contributed by atoms with Crippen molar-refractivity contribution in [1.82, 2.24) is 0 Å². The van der Waals surface area contributed by atoms with Crippen LogP contribution in [0.3, 0.4) is 0 Å². The fraction of sp³-hybridized carbons (Fsp3) is 0.800. The molecule has 280 valence electrons. The van der Waals surface area contributed by atoms with Crippen molar-refractivity contribution in [2.75, 3.05) is 0 Å². The van der Waals surface area contributed by atoms with Gasteiger partial charge in [0.1, 0.15) is 0 Å². The third-order valence-corrected chi connectivity index (χ3v) is 8.84. The minimum atomic E-state index is -1.35. The predicted molar refractivity (Wildman–Crippen MR) is 192 cm³/mol. The van der Waals surface area contributed by atoms with Gasteiger partial charge in [0.05, 0.1) is 23.9 Å². The second-order valence-electron chi connectivity index (χ2n) is 13.1. The molecule has 49 heavy (non-hydrogen) atoms. The van der Waals surface area contributed by atoms with Crippen LogP contribution in [0.15, 0.2) is 22.3 Å². The standard InChI is InChI=1S/2C20H36O4.Sn/c2*1-3-5-7-9-11-13-15-17(19(21)22)18(20(23)24)16-14-12-10-8-6-4-2;/h2*3-16H2,1-2H3,(H,21,22)(H,23,24);/q;;+4/p-4/b2*18-17-;. The van der Waals surface area contributed by atoms with E-state index in [-0.39, 0.29) is 71.9 Å². The molecule has 0 N–H and O–H groups in total. The zero-order valence-electron chi connectivity index (χ0n) is 31.6. The molecule has 8 nitrogen and oxygen atoms in total. The number of rotatable bonds is 32. The first kappa shape index (κ1) is 51.5. The molecule has 0 saturated carbocycles. The first-order valence-corrected chi connectivity index (χ1v) is 19.4. The number of unbranched alkanes of at least 4 members (excludes halogenated alkanes) is 20. The van der Waals surface area contributed by atoms with Crippen molar-refractivity contribution in [3.63, 3.8) is 0 Å². The summed E-state index contributed by atoms with van der Waals surface area (Å²) >= 11 is 0. The van der Waals surface area contributed by atoms with E-state index in [0.717, 1.165) is 103 Å². The van der Waals surface area contributed by atoms with Gasteiger partial charge in [-0.05, 0) is 73.7 Å². The van der Waals surface area contributed by atoms with Gasteiger partial charge in [-0.2, -0.15) is 0 Å². The van der Waals surface area contributed by atoms with Crippen LogP contribution in [0.5, 0.6) is 0 Å². The number of hydrogen-bond acceptors (Lipinski definition) is 8. The number of carboxylic acids is 4. The molecule has 0 aliphatic heterocycles. The molecule has 0 unspecified atom stereocenters. The maximum absolute atomic E-state index is 11.3. The third kappa shape index (κ3) is 30.7. The van der Waals surface area contributed by atoms with Crippen LogP contribution in [0.1, 0.15) is 207 Å². The molecule has 0 aromatic carbocycles. The molecule has 0 rings (SSSR count). The molecular formula is C40H68O8Sn. The summed E-state index contributed by atoms with van der Waals surface area (Å²) in [4.78, 5) is 45.3. The Balaban J connectivity index is -0.000000846. The molecule has 0 aromatic heterocycles. The summed E-state index contributed by atoms with van der Waals surface area (Å²) in [6.45, 7) is 8.58. The smallest absolute Gasteiger partial charge is 0.545 e. The average Bonchev–Trinajstić information content (AvgIpc) is 3.04. The molecular weight excluding hydrogens is 727 g/mol. The molecule has 0 radical (unpaired) electrons. The average molecular weight is 796 g/mol. The van der Waals surface area contributed by atoms with Gasteiger partial charge in [0.25, 0.3) is 0 Å². The fourth-order valence-corrected chi connectivity index (χ4v) is 5.83. The molecule has 0 heterocycles. The van der Waals surface area contributed by atoms with E-state index in [1.807, 2.05) is 0 Å². The van der Waals surface area contributed by atoms with Gasteiger partial charge in [-0.25, -0.2) is 0 Å². The summed E-state index contributed by atoms with van der Waals surface area (Å²) in [7, 11) is 0. The molecule has 0 spiro atoms. The summed E-state index contributed by atoms with van der Waals surface area (Å²) in [5.41, 5.74) is -0.226. The monoisotopic (exact) mass is 796 g/mol. The molecule has 0 aliphatic rings. The third-order valence-electron chi connectivity index (χ3n) is 8.84. The van der Waals surface area contributed by atoms with E-state index >= 15 is 0 Å². The van der Waals surface area contributed by atoms with Crippen molar-refractivity contribution in [1.29, 1.82) is 0 Å². The van der Waals surface area contributed by atoms with Gasteiger partial charge in [0.15, 0.2) is 0 Å². The quantitative estimate of drug-likeness (QED) is 0.0443. The second-order valence-corrected chi connectivity index (χ2v) is 13.1. The van der Waals surface area contributed by atoms with E-state index in [2.05, 4.69) is 27.7 Å². The Morgan fingerprint density at radius 1 is 0.286 bits per heavy atom. The van der Waals surface area contributed by atoms with E-state index in [0.29, 0.717) is 25.7 Å². The van der Waals surface area contributed by atoms with Crippen LogP contribution < -0.4 is 20.4 Å². The zero-order chi connectivity index (χ0) is 36.4. The van der Waals surface area contributed by atoms with Crippen molar-refractivity contribution in [2.24, 2.45) is 0 Å². The molecule has 0 saturated heterocycles. The first-order valence-electron chi connectivity index (χ1n) is 19.4. The van der Waals surface area contributed by atoms with E-state index in [9.17, 15) is 39.6 Å². The van der Waals surface area contributed by atoms with E-state index in [1.165, 1.54) is 25.7 Å². The Morgan fingerprint density at radius 3 is 0.571 bits per heavy atom. The van der Waals surface area contributed by atoms with Crippen molar-refractivity contribution < 1.29 is 39.6 Å².